The number of aromatic nitrogens is 1. The number of carbonyl (C=O) groups is 1. The number of anilines is 1. The second kappa shape index (κ2) is 5.43. The molecule has 102 valence electrons. The Morgan fingerprint density at radius 2 is 2.16 bits per heavy atom. The van der Waals surface area contributed by atoms with E-state index in [-0.39, 0.29) is 5.92 Å². The van der Waals surface area contributed by atoms with Crippen molar-refractivity contribution < 1.29 is 9.90 Å². The van der Waals surface area contributed by atoms with Crippen LogP contribution in [0.4, 0.5) is 5.82 Å². The van der Waals surface area contributed by atoms with Gasteiger partial charge in [0.05, 0.1) is 5.56 Å². The zero-order chi connectivity index (χ0) is 14.0. The van der Waals surface area contributed by atoms with Crippen LogP contribution >= 0.6 is 0 Å². The summed E-state index contributed by atoms with van der Waals surface area (Å²) in [5.74, 6) is 0.0988. The molecule has 1 aliphatic rings. The number of rotatable bonds is 3. The van der Waals surface area contributed by atoms with Crippen molar-refractivity contribution >= 4 is 11.8 Å². The second-order valence-corrected chi connectivity index (χ2v) is 5.35. The van der Waals surface area contributed by atoms with E-state index in [2.05, 4.69) is 22.9 Å². The molecule has 2 heterocycles. The first-order valence-corrected chi connectivity index (χ1v) is 6.63. The highest BCUT2D eigenvalue weighted by Crippen LogP contribution is 2.22. The Morgan fingerprint density at radius 3 is 2.68 bits per heavy atom. The molecule has 0 unspecified atom stereocenters. The van der Waals surface area contributed by atoms with Crippen molar-refractivity contribution in [2.75, 3.05) is 18.0 Å². The van der Waals surface area contributed by atoms with Crippen LogP contribution in [0.3, 0.4) is 0 Å². The van der Waals surface area contributed by atoms with Crippen molar-refractivity contribution in [2.45, 2.75) is 33.1 Å². The van der Waals surface area contributed by atoms with Gasteiger partial charge in [-0.25, -0.2) is 9.78 Å². The van der Waals surface area contributed by atoms with E-state index in [1.54, 1.807) is 12.1 Å². The number of pyridine rings is 1. The lowest BCUT2D eigenvalue weighted by molar-refractivity contribution is 0.0696. The molecule has 0 atom stereocenters. The van der Waals surface area contributed by atoms with Gasteiger partial charge in [-0.05, 0) is 31.4 Å². The summed E-state index contributed by atoms with van der Waals surface area (Å²) in [4.78, 5) is 17.9. The highest BCUT2D eigenvalue weighted by atomic mass is 16.4. The Morgan fingerprint density at radius 1 is 1.42 bits per heavy atom. The van der Waals surface area contributed by atoms with Gasteiger partial charge in [-0.3, -0.25) is 0 Å². The minimum Gasteiger partial charge on any atom is -0.478 e. The number of aromatic carboxylic acids is 1. The third-order valence-electron chi connectivity index (χ3n) is 3.43. The average molecular weight is 260 g/mol. The van der Waals surface area contributed by atoms with Crippen molar-refractivity contribution in [3.05, 3.63) is 35.0 Å². The molecule has 0 amide bonds. The van der Waals surface area contributed by atoms with Gasteiger partial charge in [-0.15, -0.1) is 0 Å². The van der Waals surface area contributed by atoms with Crippen molar-refractivity contribution in [1.29, 1.82) is 0 Å². The second-order valence-electron chi connectivity index (χ2n) is 5.35. The number of hydrogen-bond acceptors (Lipinski definition) is 3. The summed E-state index contributed by atoms with van der Waals surface area (Å²) in [6.07, 6.45) is 3.18. The van der Waals surface area contributed by atoms with E-state index >= 15 is 0 Å². The fourth-order valence-electron chi connectivity index (χ4n) is 2.10. The minimum atomic E-state index is -0.894. The van der Waals surface area contributed by atoms with Crippen LogP contribution in [0.5, 0.6) is 0 Å². The molecule has 0 fully saturated rings. The van der Waals surface area contributed by atoms with E-state index in [1.165, 1.54) is 5.57 Å². The van der Waals surface area contributed by atoms with Crippen molar-refractivity contribution in [3.8, 4) is 0 Å². The highest BCUT2D eigenvalue weighted by molar-refractivity contribution is 5.88. The number of carboxylic acids is 1. The van der Waals surface area contributed by atoms with Crippen LogP contribution in [0.2, 0.25) is 0 Å². The maximum atomic E-state index is 11.2. The van der Waals surface area contributed by atoms with E-state index in [0.717, 1.165) is 31.0 Å². The van der Waals surface area contributed by atoms with Gasteiger partial charge in [0, 0.05) is 18.8 Å². The summed E-state index contributed by atoms with van der Waals surface area (Å²) in [5.41, 5.74) is 2.54. The zero-order valence-electron chi connectivity index (χ0n) is 11.7. The smallest absolute Gasteiger partial charge is 0.335 e. The minimum absolute atomic E-state index is 0.222. The Hall–Kier alpha value is -1.84. The predicted molar refractivity (Wildman–Crippen MR) is 75.9 cm³/mol. The molecule has 1 aromatic heterocycles. The number of carboxylic acid groups (broad SMARTS) is 1. The Kier molecular flexibility index (Phi) is 3.88. The molecule has 4 heteroatoms. The van der Waals surface area contributed by atoms with E-state index in [4.69, 9.17) is 0 Å². The molecular weight excluding hydrogens is 240 g/mol. The summed E-state index contributed by atoms with van der Waals surface area (Å²) >= 11 is 0. The molecule has 1 N–H and O–H groups in total. The molecule has 0 aliphatic carbocycles. The zero-order valence-corrected chi connectivity index (χ0v) is 11.7. The third-order valence-corrected chi connectivity index (χ3v) is 3.43. The lowest BCUT2D eigenvalue weighted by Gasteiger charge is -2.27. The largest absolute Gasteiger partial charge is 0.478 e. The van der Waals surface area contributed by atoms with E-state index in [9.17, 15) is 9.90 Å². The summed E-state index contributed by atoms with van der Waals surface area (Å²) in [6.45, 7) is 7.88. The summed E-state index contributed by atoms with van der Waals surface area (Å²) in [7, 11) is 0. The third kappa shape index (κ3) is 3.13. The van der Waals surface area contributed by atoms with Crippen LogP contribution in [-0.2, 0) is 0 Å². The molecule has 1 aromatic rings. The van der Waals surface area contributed by atoms with Crippen LogP contribution in [-0.4, -0.2) is 29.1 Å². The van der Waals surface area contributed by atoms with Crippen LogP contribution in [0, 0.1) is 0 Å². The lowest BCUT2D eigenvalue weighted by atomic mass is 10.1. The van der Waals surface area contributed by atoms with Crippen LogP contribution in [0.25, 0.3) is 0 Å². The van der Waals surface area contributed by atoms with Gasteiger partial charge in [0.1, 0.15) is 5.82 Å². The van der Waals surface area contributed by atoms with Crippen molar-refractivity contribution in [2.24, 2.45) is 0 Å². The highest BCUT2D eigenvalue weighted by Gasteiger charge is 2.16. The number of nitrogens with zero attached hydrogens (tertiary/aromatic N) is 2. The standard InChI is InChI=1S/C15H20N2O2/c1-10(2)13-8-12(15(18)19)9-14(16-13)17-6-4-11(3)5-7-17/h4,8-10H,5-7H2,1-3H3,(H,18,19). The molecule has 0 saturated heterocycles. The summed E-state index contributed by atoms with van der Waals surface area (Å²) in [6, 6.07) is 3.34. The molecule has 0 radical (unpaired) electrons. The van der Waals surface area contributed by atoms with Crippen LogP contribution in [0.15, 0.2) is 23.8 Å². The normalized spacial score (nSPS) is 15.6. The maximum Gasteiger partial charge on any atom is 0.335 e. The van der Waals surface area contributed by atoms with E-state index < -0.39 is 5.97 Å². The molecule has 4 nitrogen and oxygen atoms in total. The monoisotopic (exact) mass is 260 g/mol. The molecule has 0 aromatic carbocycles. The molecule has 1 aliphatic heterocycles. The van der Waals surface area contributed by atoms with Gasteiger partial charge in [-0.1, -0.05) is 25.5 Å². The van der Waals surface area contributed by atoms with Crippen LogP contribution < -0.4 is 4.90 Å². The summed E-state index contributed by atoms with van der Waals surface area (Å²) in [5, 5.41) is 9.20. The fourth-order valence-corrected chi connectivity index (χ4v) is 2.10. The van der Waals surface area contributed by atoms with Gasteiger partial charge >= 0.3 is 5.97 Å². The van der Waals surface area contributed by atoms with Gasteiger partial charge < -0.3 is 10.0 Å². The first-order chi connectivity index (χ1) is 8.97. The molecule has 0 saturated carbocycles. The average Bonchev–Trinajstić information content (AvgIpc) is 2.39. The molecule has 19 heavy (non-hydrogen) atoms. The molecule has 2 rings (SSSR count). The quantitative estimate of drug-likeness (QED) is 0.849. The van der Waals surface area contributed by atoms with Gasteiger partial charge in [-0.2, -0.15) is 0 Å². The van der Waals surface area contributed by atoms with Gasteiger partial charge in [0.2, 0.25) is 0 Å². The van der Waals surface area contributed by atoms with E-state index in [1.807, 2.05) is 13.8 Å². The SMILES string of the molecule is CC1=CCN(c2cc(C(=O)O)cc(C(C)C)n2)CC1. The Labute approximate surface area is 113 Å². The van der Waals surface area contributed by atoms with E-state index in [0.29, 0.717) is 5.56 Å². The van der Waals surface area contributed by atoms with Gasteiger partial charge in [0.15, 0.2) is 0 Å². The Bertz CT molecular complexity index is 521. The maximum absolute atomic E-state index is 11.2. The molecular formula is C15H20N2O2. The van der Waals surface area contributed by atoms with Crippen LogP contribution in [0.1, 0.15) is 49.2 Å². The summed E-state index contributed by atoms with van der Waals surface area (Å²) < 4.78 is 0. The van der Waals surface area contributed by atoms with Gasteiger partial charge in [0.25, 0.3) is 0 Å². The molecule has 0 bridgehead atoms. The predicted octanol–water partition coefficient (Wildman–Crippen LogP) is 3.06. The first kappa shape index (κ1) is 13.6. The van der Waals surface area contributed by atoms with Crippen molar-refractivity contribution in [1.82, 2.24) is 4.98 Å². The topological polar surface area (TPSA) is 53.4 Å². The van der Waals surface area contributed by atoms with Crippen molar-refractivity contribution in [3.63, 3.8) is 0 Å². The fraction of sp³-hybridized carbons (Fsp3) is 0.467. The lowest BCUT2D eigenvalue weighted by Crippen LogP contribution is -2.29. The number of hydrogen-bond donors (Lipinski definition) is 1. The molecule has 0 spiro atoms. The first-order valence-electron chi connectivity index (χ1n) is 6.63. The Balaban J connectivity index is 2.36.